The molecule has 0 saturated heterocycles. The topological polar surface area (TPSA) is 77.7 Å². The number of benzene rings is 1. The minimum atomic E-state index is 0.0805. The molecule has 1 aromatic carbocycles. The molecule has 1 aliphatic carbocycles. The number of ether oxygens (including phenoxy) is 1. The fourth-order valence-electron chi connectivity index (χ4n) is 2.66. The average molecular weight is 331 g/mol. The lowest BCUT2D eigenvalue weighted by Gasteiger charge is -2.30. The Morgan fingerprint density at radius 1 is 1.12 bits per heavy atom. The van der Waals surface area contributed by atoms with Gasteiger partial charge in [0.2, 0.25) is 0 Å². The van der Waals surface area contributed by atoms with E-state index in [-0.39, 0.29) is 19.3 Å². The average Bonchev–Trinajstić information content (AvgIpc) is 2.61. The zero-order valence-corrected chi connectivity index (χ0v) is 14.2. The van der Waals surface area contributed by atoms with Gasteiger partial charge in [-0.15, -0.1) is 0 Å². The van der Waals surface area contributed by atoms with E-state index >= 15 is 0 Å². The standard InChI is InChI=1S/C18H25N3O3/c1-14-13-16(21(9-11-22)10-12-23)5-8-18(14)20-19-15-3-6-17(24-2)7-4-15/h3-8,16,22-23H,9-13H2,1-2H3. The summed E-state index contributed by atoms with van der Waals surface area (Å²) in [6.07, 6.45) is 4.83. The second-order valence-corrected chi connectivity index (χ2v) is 5.68. The third kappa shape index (κ3) is 4.99. The molecule has 0 saturated carbocycles. The summed E-state index contributed by atoms with van der Waals surface area (Å²) < 4.78 is 5.12. The van der Waals surface area contributed by atoms with Crippen LogP contribution >= 0.6 is 0 Å². The molecule has 6 heteroatoms. The van der Waals surface area contributed by atoms with Gasteiger partial charge in [-0.05, 0) is 49.3 Å². The molecule has 130 valence electrons. The van der Waals surface area contributed by atoms with Gasteiger partial charge in [0, 0.05) is 19.1 Å². The van der Waals surface area contributed by atoms with Gasteiger partial charge >= 0.3 is 0 Å². The Kier molecular flexibility index (Phi) is 7.11. The predicted molar refractivity (Wildman–Crippen MR) is 93.5 cm³/mol. The fraction of sp³-hybridized carbons (Fsp3) is 0.444. The molecular weight excluding hydrogens is 306 g/mol. The summed E-state index contributed by atoms with van der Waals surface area (Å²) in [6.45, 7) is 3.29. The molecular formula is C18H25N3O3. The van der Waals surface area contributed by atoms with Crippen molar-refractivity contribution in [1.82, 2.24) is 4.90 Å². The second kappa shape index (κ2) is 9.32. The van der Waals surface area contributed by atoms with Gasteiger partial charge < -0.3 is 14.9 Å². The third-order valence-electron chi connectivity index (χ3n) is 4.02. The summed E-state index contributed by atoms with van der Waals surface area (Å²) in [5, 5.41) is 26.9. The van der Waals surface area contributed by atoms with E-state index in [0.29, 0.717) is 13.1 Å². The summed E-state index contributed by atoms with van der Waals surface area (Å²) >= 11 is 0. The van der Waals surface area contributed by atoms with Crippen LogP contribution in [0.5, 0.6) is 5.75 Å². The molecule has 6 nitrogen and oxygen atoms in total. The molecule has 0 heterocycles. The Bertz CT molecular complexity index is 602. The van der Waals surface area contributed by atoms with Crippen molar-refractivity contribution in [2.24, 2.45) is 10.2 Å². The van der Waals surface area contributed by atoms with E-state index in [1.54, 1.807) is 7.11 Å². The largest absolute Gasteiger partial charge is 0.497 e. The van der Waals surface area contributed by atoms with Crippen molar-refractivity contribution in [2.45, 2.75) is 19.4 Å². The molecule has 1 aliphatic rings. The van der Waals surface area contributed by atoms with Crippen LogP contribution in [0.2, 0.25) is 0 Å². The zero-order chi connectivity index (χ0) is 17.4. The van der Waals surface area contributed by atoms with Crippen LogP contribution in [-0.4, -0.2) is 54.6 Å². The van der Waals surface area contributed by atoms with E-state index in [1.165, 1.54) is 0 Å². The highest BCUT2D eigenvalue weighted by Gasteiger charge is 2.19. The van der Waals surface area contributed by atoms with Crippen LogP contribution in [-0.2, 0) is 0 Å². The van der Waals surface area contributed by atoms with Gasteiger partial charge in [-0.3, -0.25) is 4.90 Å². The quantitative estimate of drug-likeness (QED) is 0.718. The molecule has 1 unspecified atom stereocenters. The lowest BCUT2D eigenvalue weighted by molar-refractivity contribution is 0.138. The number of hydrogen-bond donors (Lipinski definition) is 2. The van der Waals surface area contributed by atoms with Gasteiger partial charge in [-0.2, -0.15) is 10.2 Å². The summed E-state index contributed by atoms with van der Waals surface area (Å²) in [5.41, 5.74) is 2.77. The van der Waals surface area contributed by atoms with Crippen LogP contribution in [0.4, 0.5) is 5.69 Å². The Labute approximate surface area is 142 Å². The number of nitrogens with zero attached hydrogens (tertiary/aromatic N) is 3. The van der Waals surface area contributed by atoms with Crippen molar-refractivity contribution >= 4 is 5.69 Å². The molecule has 0 aliphatic heterocycles. The maximum absolute atomic E-state index is 9.16. The predicted octanol–water partition coefficient (Wildman–Crippen LogP) is 2.67. The van der Waals surface area contributed by atoms with Crippen LogP contribution in [0.1, 0.15) is 13.3 Å². The molecule has 2 rings (SSSR count). The van der Waals surface area contributed by atoms with E-state index in [0.717, 1.165) is 29.1 Å². The van der Waals surface area contributed by atoms with Crippen molar-refractivity contribution in [3.8, 4) is 5.75 Å². The maximum Gasteiger partial charge on any atom is 0.119 e. The number of aliphatic hydroxyl groups is 2. The number of allylic oxidation sites excluding steroid dienone is 1. The zero-order valence-electron chi connectivity index (χ0n) is 14.2. The van der Waals surface area contributed by atoms with Crippen molar-refractivity contribution in [3.05, 3.63) is 47.7 Å². The van der Waals surface area contributed by atoms with Crippen LogP contribution in [0.15, 0.2) is 57.9 Å². The van der Waals surface area contributed by atoms with E-state index in [1.807, 2.05) is 37.3 Å². The Morgan fingerprint density at radius 3 is 2.33 bits per heavy atom. The van der Waals surface area contributed by atoms with Gasteiger partial charge in [-0.25, -0.2) is 0 Å². The van der Waals surface area contributed by atoms with Gasteiger partial charge in [0.1, 0.15) is 5.75 Å². The SMILES string of the molecule is COc1ccc(N=NC2=C(C)CC(N(CCO)CCO)C=C2)cc1. The molecule has 0 bridgehead atoms. The maximum atomic E-state index is 9.16. The van der Waals surface area contributed by atoms with Gasteiger partial charge in [0.25, 0.3) is 0 Å². The van der Waals surface area contributed by atoms with Gasteiger partial charge in [-0.1, -0.05) is 6.08 Å². The Morgan fingerprint density at radius 2 is 1.79 bits per heavy atom. The molecule has 24 heavy (non-hydrogen) atoms. The number of aliphatic hydroxyl groups excluding tert-OH is 2. The number of hydrogen-bond acceptors (Lipinski definition) is 6. The first-order valence-corrected chi connectivity index (χ1v) is 8.07. The minimum Gasteiger partial charge on any atom is -0.497 e. The van der Waals surface area contributed by atoms with Crippen LogP contribution in [0.3, 0.4) is 0 Å². The number of rotatable bonds is 8. The Balaban J connectivity index is 2.03. The molecule has 0 fully saturated rings. The highest BCUT2D eigenvalue weighted by Crippen LogP contribution is 2.25. The Hall–Kier alpha value is -2.02. The molecule has 0 aromatic heterocycles. The second-order valence-electron chi connectivity index (χ2n) is 5.68. The molecule has 0 amide bonds. The van der Waals surface area contributed by atoms with Crippen molar-refractivity contribution < 1.29 is 14.9 Å². The van der Waals surface area contributed by atoms with Crippen LogP contribution in [0.25, 0.3) is 0 Å². The smallest absolute Gasteiger partial charge is 0.119 e. The summed E-state index contributed by atoms with van der Waals surface area (Å²) in [4.78, 5) is 2.07. The molecule has 1 atom stereocenters. The third-order valence-corrected chi connectivity index (χ3v) is 4.02. The van der Waals surface area contributed by atoms with Gasteiger partial charge in [0.05, 0.1) is 31.7 Å². The van der Waals surface area contributed by atoms with Crippen molar-refractivity contribution in [3.63, 3.8) is 0 Å². The van der Waals surface area contributed by atoms with Crippen molar-refractivity contribution in [2.75, 3.05) is 33.4 Å². The lowest BCUT2D eigenvalue weighted by Crippen LogP contribution is -2.39. The first-order chi connectivity index (χ1) is 11.7. The van der Waals surface area contributed by atoms with E-state index in [2.05, 4.69) is 21.2 Å². The normalized spacial score (nSPS) is 18.0. The van der Waals surface area contributed by atoms with Crippen LogP contribution in [0, 0.1) is 0 Å². The first-order valence-electron chi connectivity index (χ1n) is 8.07. The molecule has 1 aromatic rings. The highest BCUT2D eigenvalue weighted by molar-refractivity contribution is 5.41. The molecule has 0 spiro atoms. The summed E-state index contributed by atoms with van der Waals surface area (Å²) in [5.74, 6) is 0.789. The lowest BCUT2D eigenvalue weighted by atomic mass is 9.98. The van der Waals surface area contributed by atoms with Crippen molar-refractivity contribution in [1.29, 1.82) is 0 Å². The first kappa shape index (κ1) is 18.3. The summed E-state index contributed by atoms with van der Waals surface area (Å²) in [7, 11) is 1.63. The molecule has 0 radical (unpaired) electrons. The number of azo groups is 1. The minimum absolute atomic E-state index is 0.0805. The molecule has 2 N–H and O–H groups in total. The van der Waals surface area contributed by atoms with Gasteiger partial charge in [0.15, 0.2) is 0 Å². The monoisotopic (exact) mass is 331 g/mol. The van der Waals surface area contributed by atoms with E-state index < -0.39 is 0 Å². The highest BCUT2D eigenvalue weighted by atomic mass is 16.5. The fourth-order valence-corrected chi connectivity index (χ4v) is 2.66. The van der Waals surface area contributed by atoms with E-state index in [4.69, 9.17) is 14.9 Å². The van der Waals surface area contributed by atoms with E-state index in [9.17, 15) is 0 Å². The van der Waals surface area contributed by atoms with Crippen LogP contribution < -0.4 is 4.74 Å². The summed E-state index contributed by atoms with van der Waals surface area (Å²) in [6, 6.07) is 7.59. The number of methoxy groups -OCH3 is 1.